The number of aryl methyl sites for hydroxylation is 2. The normalized spacial score (nSPS) is 16.1. The van der Waals surface area contributed by atoms with E-state index in [9.17, 15) is 9.59 Å². The Bertz CT molecular complexity index is 1490. The number of amides is 2. The molecule has 0 radical (unpaired) electrons. The van der Waals surface area contributed by atoms with Crippen molar-refractivity contribution in [3.63, 3.8) is 0 Å². The van der Waals surface area contributed by atoms with Gasteiger partial charge in [0.25, 0.3) is 5.91 Å². The van der Waals surface area contributed by atoms with Gasteiger partial charge in [-0.1, -0.05) is 20.3 Å². The first kappa shape index (κ1) is 26.5. The van der Waals surface area contributed by atoms with E-state index in [1.807, 2.05) is 20.2 Å². The standard InChI is InChI=1S/C28H35N9O2/c1-18(2)15-36-8-6-5-7-22(36)10-27(38)33-21-9-24(19(3)29-12-21)34-28(39)23-13-32-37-17-25(30-14-26(23)37)20-11-31-35(4)16-20/h9,11-14,16-18,22H,5-8,10,15H2,1-4H3,(H,33,38)(H,34,39)/t22-/m0/s1. The number of fused-ring (bicyclic) bond motifs is 1. The Morgan fingerprint density at radius 3 is 2.67 bits per heavy atom. The van der Waals surface area contributed by atoms with Crippen LogP contribution in [0.3, 0.4) is 0 Å². The third-order valence-electron chi connectivity index (χ3n) is 7.04. The summed E-state index contributed by atoms with van der Waals surface area (Å²) in [5.74, 6) is 0.186. The van der Waals surface area contributed by atoms with E-state index in [0.717, 1.165) is 31.5 Å². The summed E-state index contributed by atoms with van der Waals surface area (Å²) in [6, 6.07) is 2.00. The molecule has 0 aromatic carbocycles. The van der Waals surface area contributed by atoms with Gasteiger partial charge in [-0.2, -0.15) is 10.2 Å². The minimum atomic E-state index is -0.333. The van der Waals surface area contributed by atoms with Gasteiger partial charge >= 0.3 is 0 Å². The fraction of sp³-hybridized carbons (Fsp3) is 0.429. The van der Waals surface area contributed by atoms with E-state index >= 15 is 0 Å². The van der Waals surface area contributed by atoms with Crippen molar-refractivity contribution in [1.29, 1.82) is 0 Å². The Hall–Kier alpha value is -4.12. The number of hydrogen-bond acceptors (Lipinski definition) is 7. The van der Waals surface area contributed by atoms with Gasteiger partial charge in [-0.25, -0.2) is 4.52 Å². The summed E-state index contributed by atoms with van der Waals surface area (Å²) in [6.45, 7) is 8.28. The fourth-order valence-electron chi connectivity index (χ4n) is 5.10. The lowest BCUT2D eigenvalue weighted by molar-refractivity contribution is -0.117. The number of anilines is 2. The van der Waals surface area contributed by atoms with E-state index < -0.39 is 0 Å². The van der Waals surface area contributed by atoms with E-state index in [-0.39, 0.29) is 17.9 Å². The van der Waals surface area contributed by atoms with Gasteiger partial charge in [0, 0.05) is 37.8 Å². The van der Waals surface area contributed by atoms with E-state index in [0.29, 0.717) is 46.2 Å². The van der Waals surface area contributed by atoms with Crippen LogP contribution in [0.15, 0.2) is 43.2 Å². The van der Waals surface area contributed by atoms with Crippen molar-refractivity contribution >= 4 is 28.7 Å². The molecule has 204 valence electrons. The molecular weight excluding hydrogens is 494 g/mol. The molecule has 11 heteroatoms. The van der Waals surface area contributed by atoms with Crippen LogP contribution in [0.5, 0.6) is 0 Å². The molecule has 1 aliphatic rings. The molecular formula is C28H35N9O2. The monoisotopic (exact) mass is 529 g/mol. The van der Waals surface area contributed by atoms with Crippen molar-refractivity contribution in [3.05, 3.63) is 54.5 Å². The quantitative estimate of drug-likeness (QED) is 0.355. The molecule has 5 heterocycles. The third kappa shape index (κ3) is 6.14. The summed E-state index contributed by atoms with van der Waals surface area (Å²) >= 11 is 0. The van der Waals surface area contributed by atoms with Crippen LogP contribution in [0.2, 0.25) is 0 Å². The second-order valence-electron chi connectivity index (χ2n) is 10.7. The molecule has 2 amide bonds. The molecule has 0 bridgehead atoms. The van der Waals surface area contributed by atoms with Crippen molar-refractivity contribution in [2.45, 2.75) is 52.5 Å². The maximum Gasteiger partial charge on any atom is 0.259 e. The van der Waals surface area contributed by atoms with Crippen LogP contribution in [0.1, 0.15) is 55.6 Å². The highest BCUT2D eigenvalue weighted by Crippen LogP contribution is 2.24. The van der Waals surface area contributed by atoms with Crippen molar-refractivity contribution in [2.24, 2.45) is 13.0 Å². The average Bonchev–Trinajstić information content (AvgIpc) is 3.53. The van der Waals surface area contributed by atoms with Crippen LogP contribution in [0, 0.1) is 12.8 Å². The van der Waals surface area contributed by atoms with Crippen LogP contribution in [-0.2, 0) is 11.8 Å². The van der Waals surface area contributed by atoms with Crippen LogP contribution in [-0.4, -0.2) is 65.2 Å². The van der Waals surface area contributed by atoms with E-state index in [2.05, 4.69) is 49.5 Å². The number of likely N-dealkylation sites (tertiary alicyclic amines) is 1. The molecule has 0 unspecified atom stereocenters. The number of pyridine rings is 1. The van der Waals surface area contributed by atoms with Crippen LogP contribution in [0.4, 0.5) is 11.4 Å². The number of nitrogens with zero attached hydrogens (tertiary/aromatic N) is 7. The maximum absolute atomic E-state index is 13.2. The lowest BCUT2D eigenvalue weighted by atomic mass is 9.97. The van der Waals surface area contributed by atoms with Gasteiger partial charge in [0.15, 0.2) is 0 Å². The molecule has 0 spiro atoms. The summed E-state index contributed by atoms with van der Waals surface area (Å²) in [6.07, 6.45) is 13.9. The number of carbonyl (C=O) groups excluding carboxylic acids is 2. The number of hydrogen-bond donors (Lipinski definition) is 2. The minimum Gasteiger partial charge on any atom is -0.325 e. The van der Waals surface area contributed by atoms with Gasteiger partial charge in [0.1, 0.15) is 0 Å². The average molecular weight is 530 g/mol. The Morgan fingerprint density at radius 1 is 1.05 bits per heavy atom. The van der Waals surface area contributed by atoms with Crippen LogP contribution in [0.25, 0.3) is 16.8 Å². The van der Waals surface area contributed by atoms with Gasteiger partial charge < -0.3 is 10.6 Å². The lowest BCUT2D eigenvalue weighted by Crippen LogP contribution is -2.43. The Balaban J connectivity index is 1.26. The zero-order valence-electron chi connectivity index (χ0n) is 22.9. The fourth-order valence-corrected chi connectivity index (χ4v) is 5.10. The van der Waals surface area contributed by atoms with Crippen molar-refractivity contribution < 1.29 is 9.59 Å². The van der Waals surface area contributed by atoms with Crippen LogP contribution < -0.4 is 10.6 Å². The van der Waals surface area contributed by atoms with E-state index in [1.165, 1.54) is 12.6 Å². The molecule has 1 fully saturated rings. The molecule has 5 rings (SSSR count). The summed E-state index contributed by atoms with van der Waals surface area (Å²) < 4.78 is 3.33. The SMILES string of the molecule is Cc1ncc(NC(=O)C[C@@H]2CCCCN2CC(C)C)cc1NC(=O)c1cnn2cc(-c3cnn(C)c3)ncc12. The molecule has 39 heavy (non-hydrogen) atoms. The highest BCUT2D eigenvalue weighted by molar-refractivity contribution is 6.09. The Labute approximate surface area is 227 Å². The third-order valence-corrected chi connectivity index (χ3v) is 7.04. The highest BCUT2D eigenvalue weighted by atomic mass is 16.2. The Morgan fingerprint density at radius 2 is 1.90 bits per heavy atom. The van der Waals surface area contributed by atoms with Crippen molar-refractivity contribution in [1.82, 2.24) is 34.3 Å². The summed E-state index contributed by atoms with van der Waals surface area (Å²) in [5.41, 5.74) is 4.24. The summed E-state index contributed by atoms with van der Waals surface area (Å²) in [7, 11) is 1.84. The number of aromatic nitrogens is 6. The Kier molecular flexibility index (Phi) is 7.69. The van der Waals surface area contributed by atoms with Gasteiger partial charge in [0.05, 0.1) is 64.8 Å². The van der Waals surface area contributed by atoms with Crippen molar-refractivity contribution in [3.8, 4) is 11.3 Å². The molecule has 4 aromatic heterocycles. The number of carbonyl (C=O) groups is 2. The maximum atomic E-state index is 13.2. The minimum absolute atomic E-state index is 0.0447. The summed E-state index contributed by atoms with van der Waals surface area (Å²) in [4.78, 5) is 37.4. The van der Waals surface area contributed by atoms with Gasteiger partial charge in [-0.15, -0.1) is 0 Å². The molecule has 1 atom stereocenters. The molecule has 2 N–H and O–H groups in total. The second kappa shape index (κ2) is 11.3. The predicted molar refractivity (Wildman–Crippen MR) is 149 cm³/mol. The first-order valence-corrected chi connectivity index (χ1v) is 13.4. The zero-order chi connectivity index (χ0) is 27.5. The molecule has 1 saturated heterocycles. The zero-order valence-corrected chi connectivity index (χ0v) is 22.9. The molecule has 0 aliphatic carbocycles. The van der Waals surface area contributed by atoms with E-state index in [4.69, 9.17) is 0 Å². The van der Waals surface area contributed by atoms with E-state index in [1.54, 1.807) is 40.1 Å². The largest absolute Gasteiger partial charge is 0.325 e. The number of nitrogens with one attached hydrogen (secondary N) is 2. The molecule has 4 aromatic rings. The predicted octanol–water partition coefficient (Wildman–Crippen LogP) is 3.92. The van der Waals surface area contributed by atoms with Crippen molar-refractivity contribution in [2.75, 3.05) is 23.7 Å². The first-order valence-electron chi connectivity index (χ1n) is 13.4. The lowest BCUT2D eigenvalue weighted by Gasteiger charge is -2.36. The summed E-state index contributed by atoms with van der Waals surface area (Å²) in [5, 5.41) is 14.4. The smallest absolute Gasteiger partial charge is 0.259 e. The second-order valence-corrected chi connectivity index (χ2v) is 10.7. The molecule has 1 aliphatic heterocycles. The van der Waals surface area contributed by atoms with Gasteiger partial charge in [-0.05, 0) is 38.3 Å². The van der Waals surface area contributed by atoms with Gasteiger partial charge in [0.2, 0.25) is 5.91 Å². The van der Waals surface area contributed by atoms with Crippen LogP contribution >= 0.6 is 0 Å². The van der Waals surface area contributed by atoms with Gasteiger partial charge in [-0.3, -0.25) is 29.1 Å². The first-order chi connectivity index (χ1) is 18.8. The number of piperidine rings is 1. The highest BCUT2D eigenvalue weighted by Gasteiger charge is 2.25. The molecule has 0 saturated carbocycles. The number of rotatable bonds is 8. The molecule has 11 nitrogen and oxygen atoms in total. The topological polar surface area (TPSA) is 122 Å².